The largest absolute Gasteiger partial charge is 0.465 e. The Bertz CT molecular complexity index is 531. The van der Waals surface area contributed by atoms with Gasteiger partial charge in [-0.25, -0.2) is 4.79 Å². The second-order valence-corrected chi connectivity index (χ2v) is 4.10. The van der Waals surface area contributed by atoms with Crippen molar-refractivity contribution in [3.8, 4) is 0 Å². The van der Waals surface area contributed by atoms with Gasteiger partial charge in [0.1, 0.15) is 0 Å². The SMILES string of the molecule is COC(=O)c1ccc2cc(Br)n(C)c2c1. The summed E-state index contributed by atoms with van der Waals surface area (Å²) in [6.45, 7) is 0. The van der Waals surface area contributed by atoms with Crippen LogP contribution in [-0.2, 0) is 11.8 Å². The number of carbonyl (C=O) groups excluding carboxylic acids is 1. The van der Waals surface area contributed by atoms with Gasteiger partial charge in [0.15, 0.2) is 0 Å². The van der Waals surface area contributed by atoms with Crippen LogP contribution in [0, 0.1) is 0 Å². The molecule has 78 valence electrons. The third-order valence-corrected chi connectivity index (χ3v) is 3.17. The molecule has 0 bridgehead atoms. The summed E-state index contributed by atoms with van der Waals surface area (Å²) in [5.74, 6) is -0.311. The van der Waals surface area contributed by atoms with E-state index in [1.54, 1.807) is 6.07 Å². The number of nitrogens with zero attached hydrogens (tertiary/aromatic N) is 1. The topological polar surface area (TPSA) is 31.2 Å². The van der Waals surface area contributed by atoms with Gasteiger partial charge >= 0.3 is 5.97 Å². The summed E-state index contributed by atoms with van der Waals surface area (Å²) in [7, 11) is 3.32. The second kappa shape index (κ2) is 3.70. The molecule has 4 heteroatoms. The number of rotatable bonds is 1. The van der Waals surface area contributed by atoms with Crippen LogP contribution in [-0.4, -0.2) is 17.6 Å². The van der Waals surface area contributed by atoms with Crippen molar-refractivity contribution in [3.63, 3.8) is 0 Å². The molecular weight excluding hydrogens is 258 g/mol. The van der Waals surface area contributed by atoms with Crippen molar-refractivity contribution in [3.05, 3.63) is 34.4 Å². The Balaban J connectivity index is 2.64. The zero-order chi connectivity index (χ0) is 11.0. The lowest BCUT2D eigenvalue weighted by molar-refractivity contribution is 0.0601. The van der Waals surface area contributed by atoms with E-state index in [4.69, 9.17) is 0 Å². The maximum atomic E-state index is 11.3. The molecule has 0 aliphatic heterocycles. The summed E-state index contributed by atoms with van der Waals surface area (Å²) in [6, 6.07) is 7.51. The fraction of sp³-hybridized carbons (Fsp3) is 0.182. The number of benzene rings is 1. The number of fused-ring (bicyclic) bond motifs is 1. The molecule has 2 rings (SSSR count). The normalized spacial score (nSPS) is 10.6. The first-order chi connectivity index (χ1) is 7.13. The van der Waals surface area contributed by atoms with E-state index in [1.807, 2.05) is 29.8 Å². The Morgan fingerprint density at radius 3 is 2.80 bits per heavy atom. The first kappa shape index (κ1) is 10.2. The number of ether oxygens (including phenoxy) is 1. The number of carbonyl (C=O) groups is 1. The van der Waals surface area contributed by atoms with Crippen LogP contribution in [0.2, 0.25) is 0 Å². The van der Waals surface area contributed by atoms with Crippen LogP contribution in [0.5, 0.6) is 0 Å². The van der Waals surface area contributed by atoms with Crippen LogP contribution in [0.3, 0.4) is 0 Å². The van der Waals surface area contributed by atoms with Crippen molar-refractivity contribution >= 4 is 32.8 Å². The van der Waals surface area contributed by atoms with Gasteiger partial charge in [0.05, 0.1) is 17.3 Å². The molecule has 0 saturated heterocycles. The number of esters is 1. The molecule has 0 aliphatic rings. The molecular formula is C11H10BrNO2. The molecule has 2 aromatic rings. The second-order valence-electron chi connectivity index (χ2n) is 3.29. The minimum Gasteiger partial charge on any atom is -0.465 e. The molecule has 0 atom stereocenters. The zero-order valence-corrected chi connectivity index (χ0v) is 10.0. The number of methoxy groups -OCH3 is 1. The van der Waals surface area contributed by atoms with Crippen LogP contribution in [0.1, 0.15) is 10.4 Å². The molecule has 0 amide bonds. The lowest BCUT2D eigenvalue weighted by atomic mass is 10.2. The van der Waals surface area contributed by atoms with Crippen LogP contribution < -0.4 is 0 Å². The Hall–Kier alpha value is -1.29. The summed E-state index contributed by atoms with van der Waals surface area (Å²) in [5.41, 5.74) is 1.57. The quantitative estimate of drug-likeness (QED) is 0.744. The highest BCUT2D eigenvalue weighted by molar-refractivity contribution is 9.10. The standard InChI is InChI=1S/C11H10BrNO2/c1-13-9-5-8(11(14)15-2)4-3-7(9)6-10(13)12/h3-6H,1-2H3. The number of halogens is 1. The van der Waals surface area contributed by atoms with Crippen LogP contribution in [0.4, 0.5) is 0 Å². The monoisotopic (exact) mass is 267 g/mol. The minimum absolute atomic E-state index is 0.311. The Morgan fingerprint density at radius 1 is 1.40 bits per heavy atom. The third kappa shape index (κ3) is 1.65. The summed E-state index contributed by atoms with van der Waals surface area (Å²) >= 11 is 3.43. The van der Waals surface area contributed by atoms with E-state index in [9.17, 15) is 4.79 Å². The zero-order valence-electron chi connectivity index (χ0n) is 8.45. The van der Waals surface area contributed by atoms with Crippen molar-refractivity contribution in [2.45, 2.75) is 0 Å². The molecule has 0 saturated carbocycles. The molecule has 0 aliphatic carbocycles. The van der Waals surface area contributed by atoms with Gasteiger partial charge in [0.25, 0.3) is 0 Å². The highest BCUT2D eigenvalue weighted by Crippen LogP contribution is 2.23. The summed E-state index contributed by atoms with van der Waals surface area (Å²) in [4.78, 5) is 11.3. The molecule has 1 heterocycles. The van der Waals surface area contributed by atoms with E-state index in [0.29, 0.717) is 5.56 Å². The van der Waals surface area contributed by atoms with Crippen LogP contribution in [0.25, 0.3) is 10.9 Å². The van der Waals surface area contributed by atoms with Crippen LogP contribution >= 0.6 is 15.9 Å². The fourth-order valence-corrected chi connectivity index (χ4v) is 1.98. The van der Waals surface area contributed by atoms with Crippen LogP contribution in [0.15, 0.2) is 28.9 Å². The molecule has 1 aromatic heterocycles. The maximum absolute atomic E-state index is 11.3. The summed E-state index contributed by atoms with van der Waals surface area (Å²) in [6.07, 6.45) is 0. The van der Waals surface area contributed by atoms with Gasteiger partial charge in [-0.2, -0.15) is 0 Å². The van der Waals surface area contributed by atoms with Crippen molar-refractivity contribution in [2.75, 3.05) is 7.11 Å². The average molecular weight is 268 g/mol. The molecule has 0 unspecified atom stereocenters. The first-order valence-corrected chi connectivity index (χ1v) is 5.26. The molecule has 0 radical (unpaired) electrons. The molecule has 0 fully saturated rings. The smallest absolute Gasteiger partial charge is 0.337 e. The van der Waals surface area contributed by atoms with Gasteiger partial charge in [-0.05, 0) is 34.1 Å². The summed E-state index contributed by atoms with van der Waals surface area (Å²) in [5, 5.41) is 1.09. The molecule has 3 nitrogen and oxygen atoms in total. The minimum atomic E-state index is -0.311. The maximum Gasteiger partial charge on any atom is 0.337 e. The van der Waals surface area contributed by atoms with Crippen molar-refractivity contribution < 1.29 is 9.53 Å². The summed E-state index contributed by atoms with van der Waals surface area (Å²) < 4.78 is 7.63. The van der Waals surface area contributed by atoms with Gasteiger partial charge in [-0.15, -0.1) is 0 Å². The van der Waals surface area contributed by atoms with E-state index in [2.05, 4.69) is 20.7 Å². The lowest BCUT2D eigenvalue weighted by Gasteiger charge is -2.01. The Kier molecular flexibility index (Phi) is 2.52. The van der Waals surface area contributed by atoms with Crippen molar-refractivity contribution in [2.24, 2.45) is 7.05 Å². The fourth-order valence-electron chi connectivity index (χ4n) is 1.54. The predicted octanol–water partition coefficient (Wildman–Crippen LogP) is 2.73. The van der Waals surface area contributed by atoms with Gasteiger partial charge in [-0.1, -0.05) is 6.07 Å². The predicted molar refractivity (Wildman–Crippen MR) is 62.0 cm³/mol. The van der Waals surface area contributed by atoms with E-state index in [0.717, 1.165) is 15.5 Å². The van der Waals surface area contributed by atoms with E-state index in [-0.39, 0.29) is 5.97 Å². The van der Waals surface area contributed by atoms with Crippen molar-refractivity contribution in [1.29, 1.82) is 0 Å². The van der Waals surface area contributed by atoms with Crippen molar-refractivity contribution in [1.82, 2.24) is 4.57 Å². The van der Waals surface area contributed by atoms with Gasteiger partial charge in [-0.3, -0.25) is 0 Å². The van der Waals surface area contributed by atoms with Gasteiger partial charge in [0, 0.05) is 18.0 Å². The highest BCUT2D eigenvalue weighted by Gasteiger charge is 2.09. The third-order valence-electron chi connectivity index (χ3n) is 2.41. The molecule has 15 heavy (non-hydrogen) atoms. The number of hydrogen-bond donors (Lipinski definition) is 0. The Morgan fingerprint density at radius 2 is 2.13 bits per heavy atom. The van der Waals surface area contributed by atoms with E-state index < -0.39 is 0 Å². The highest BCUT2D eigenvalue weighted by atomic mass is 79.9. The van der Waals surface area contributed by atoms with Gasteiger partial charge < -0.3 is 9.30 Å². The number of aromatic nitrogens is 1. The first-order valence-electron chi connectivity index (χ1n) is 4.47. The Labute approximate surface area is 95.8 Å². The van der Waals surface area contributed by atoms with E-state index >= 15 is 0 Å². The van der Waals surface area contributed by atoms with Gasteiger partial charge in [0.2, 0.25) is 0 Å². The molecule has 0 spiro atoms. The molecule has 1 aromatic carbocycles. The van der Waals surface area contributed by atoms with E-state index in [1.165, 1.54) is 7.11 Å². The number of hydrogen-bond acceptors (Lipinski definition) is 2. The average Bonchev–Trinajstić information content (AvgIpc) is 2.54. The number of aryl methyl sites for hydroxylation is 1. The lowest BCUT2D eigenvalue weighted by Crippen LogP contribution is -2.01. The molecule has 0 N–H and O–H groups in total.